The van der Waals surface area contributed by atoms with Crippen LogP contribution in [0.25, 0.3) is 0 Å². The molecular formula is C10H19N3O5. The summed E-state index contributed by atoms with van der Waals surface area (Å²) >= 11 is 0. The molecule has 0 spiro atoms. The first-order valence-electron chi connectivity index (χ1n) is 5.46. The summed E-state index contributed by atoms with van der Waals surface area (Å²) in [6.07, 6.45) is 0.439. The van der Waals surface area contributed by atoms with Crippen LogP contribution in [0.15, 0.2) is 10.5 Å². The van der Waals surface area contributed by atoms with E-state index < -0.39 is 18.0 Å². The molecule has 0 aromatic heterocycles. The van der Waals surface area contributed by atoms with E-state index in [1.54, 1.807) is 0 Å². The summed E-state index contributed by atoms with van der Waals surface area (Å²) in [7, 11) is 1.49. The molecule has 0 saturated heterocycles. The first-order valence-corrected chi connectivity index (χ1v) is 5.46. The molecular weight excluding hydrogens is 242 g/mol. The zero-order chi connectivity index (χ0) is 14.1. The van der Waals surface area contributed by atoms with Gasteiger partial charge < -0.3 is 14.7 Å². The first-order chi connectivity index (χ1) is 8.34. The van der Waals surface area contributed by atoms with Crippen molar-refractivity contribution < 1.29 is 24.3 Å². The lowest BCUT2D eigenvalue weighted by molar-refractivity contribution is -0.155. The van der Waals surface area contributed by atoms with Gasteiger partial charge in [0.2, 0.25) is 0 Å². The molecule has 1 N–H and O–H groups in total. The van der Waals surface area contributed by atoms with Crippen LogP contribution in [0.5, 0.6) is 0 Å². The van der Waals surface area contributed by atoms with Crippen LogP contribution in [0.2, 0.25) is 0 Å². The van der Waals surface area contributed by atoms with Gasteiger partial charge in [-0.15, -0.1) is 0 Å². The Morgan fingerprint density at radius 3 is 2.44 bits per heavy atom. The average Bonchev–Trinajstić information content (AvgIpc) is 2.24. The average molecular weight is 261 g/mol. The van der Waals surface area contributed by atoms with Crippen molar-refractivity contribution in [2.24, 2.45) is 16.4 Å². The SMILES string of the molecule is CC(=O)OCO/N=N\N(C)C(CC(C)C)C(=O)O. The molecule has 0 amide bonds. The van der Waals surface area contributed by atoms with Crippen molar-refractivity contribution in [1.82, 2.24) is 5.01 Å². The molecule has 0 bridgehead atoms. The molecule has 104 valence electrons. The van der Waals surface area contributed by atoms with E-state index in [0.29, 0.717) is 6.42 Å². The number of hydrogen-bond acceptors (Lipinski definition) is 6. The van der Waals surface area contributed by atoms with Gasteiger partial charge in [0, 0.05) is 19.2 Å². The van der Waals surface area contributed by atoms with Crippen LogP contribution < -0.4 is 0 Å². The number of aliphatic carboxylic acids is 1. The summed E-state index contributed by atoms with van der Waals surface area (Å²) < 4.78 is 4.45. The molecule has 0 rings (SSSR count). The van der Waals surface area contributed by atoms with Crippen LogP contribution in [-0.4, -0.2) is 41.9 Å². The third-order valence-corrected chi connectivity index (χ3v) is 1.98. The Kier molecular flexibility index (Phi) is 7.41. The van der Waals surface area contributed by atoms with Crippen molar-refractivity contribution >= 4 is 11.9 Å². The van der Waals surface area contributed by atoms with Crippen molar-refractivity contribution in [3.05, 3.63) is 0 Å². The minimum Gasteiger partial charge on any atom is -0.480 e. The van der Waals surface area contributed by atoms with E-state index in [9.17, 15) is 9.59 Å². The number of hydrogen-bond donors (Lipinski definition) is 1. The number of ether oxygens (including phenoxy) is 1. The smallest absolute Gasteiger partial charge is 0.328 e. The molecule has 1 atom stereocenters. The number of nitrogens with zero attached hydrogens (tertiary/aromatic N) is 3. The normalized spacial score (nSPS) is 12.5. The minimum absolute atomic E-state index is 0.214. The molecule has 8 nitrogen and oxygen atoms in total. The van der Waals surface area contributed by atoms with Crippen LogP contribution in [0.4, 0.5) is 0 Å². The highest BCUT2D eigenvalue weighted by molar-refractivity contribution is 5.73. The second-order valence-corrected chi connectivity index (χ2v) is 4.11. The van der Waals surface area contributed by atoms with Crippen LogP contribution >= 0.6 is 0 Å². The maximum atomic E-state index is 11.0. The zero-order valence-electron chi connectivity index (χ0n) is 11.0. The zero-order valence-corrected chi connectivity index (χ0v) is 11.0. The lowest BCUT2D eigenvalue weighted by Gasteiger charge is -2.21. The summed E-state index contributed by atoms with van der Waals surface area (Å²) in [6, 6.07) is -0.772. The lowest BCUT2D eigenvalue weighted by Crippen LogP contribution is -2.36. The van der Waals surface area contributed by atoms with Crippen LogP contribution in [-0.2, 0) is 19.2 Å². The maximum Gasteiger partial charge on any atom is 0.328 e. The number of esters is 1. The Labute approximate surface area is 105 Å². The molecule has 0 aliphatic rings. The molecule has 0 aliphatic carbocycles. The van der Waals surface area contributed by atoms with Gasteiger partial charge in [0.1, 0.15) is 6.04 Å². The molecule has 0 aromatic carbocycles. The molecule has 0 saturated carbocycles. The summed E-state index contributed by atoms with van der Waals surface area (Å²) in [4.78, 5) is 25.9. The fourth-order valence-corrected chi connectivity index (χ4v) is 1.14. The number of rotatable bonds is 8. The molecule has 0 aromatic rings. The van der Waals surface area contributed by atoms with Gasteiger partial charge in [-0.3, -0.25) is 9.80 Å². The van der Waals surface area contributed by atoms with Gasteiger partial charge in [-0.2, -0.15) is 0 Å². The summed E-state index contributed by atoms with van der Waals surface area (Å²) in [5, 5.41) is 17.0. The molecule has 0 aliphatic heterocycles. The van der Waals surface area contributed by atoms with Gasteiger partial charge in [0.05, 0.1) is 0 Å². The molecule has 0 radical (unpaired) electrons. The predicted octanol–water partition coefficient (Wildman–Crippen LogP) is 1.24. The second kappa shape index (κ2) is 8.26. The van der Waals surface area contributed by atoms with Crippen molar-refractivity contribution in [1.29, 1.82) is 0 Å². The predicted molar refractivity (Wildman–Crippen MR) is 61.2 cm³/mol. The third kappa shape index (κ3) is 7.42. The van der Waals surface area contributed by atoms with Gasteiger partial charge in [0.15, 0.2) is 0 Å². The van der Waals surface area contributed by atoms with E-state index in [2.05, 4.69) is 20.1 Å². The van der Waals surface area contributed by atoms with Crippen LogP contribution in [0.1, 0.15) is 27.2 Å². The topological polar surface area (TPSA) is 101 Å². The Balaban J connectivity index is 4.16. The molecule has 18 heavy (non-hydrogen) atoms. The fraction of sp³-hybridized carbons (Fsp3) is 0.800. The Morgan fingerprint density at radius 1 is 1.39 bits per heavy atom. The molecule has 8 heteroatoms. The summed E-state index contributed by atoms with van der Waals surface area (Å²) in [5.41, 5.74) is 0. The van der Waals surface area contributed by atoms with Gasteiger partial charge >= 0.3 is 11.9 Å². The largest absolute Gasteiger partial charge is 0.480 e. The van der Waals surface area contributed by atoms with Crippen molar-refractivity contribution in [3.63, 3.8) is 0 Å². The molecule has 0 heterocycles. The summed E-state index contributed by atoms with van der Waals surface area (Å²) in [5.74, 6) is -1.27. The first kappa shape index (κ1) is 16.1. The molecule has 1 unspecified atom stereocenters. The van der Waals surface area contributed by atoms with E-state index in [0.717, 1.165) is 0 Å². The standard InChI is InChI=1S/C10H19N3O5/c1-7(2)5-9(10(15)16)13(4)11-12-18-6-17-8(3)14/h7,9H,5-6H2,1-4H3,(H,15,16)/b12-11-. The van der Waals surface area contributed by atoms with Crippen LogP contribution in [0.3, 0.4) is 0 Å². The highest BCUT2D eigenvalue weighted by Crippen LogP contribution is 2.11. The van der Waals surface area contributed by atoms with E-state index >= 15 is 0 Å². The number of likely N-dealkylation sites (N-methyl/N-ethyl adjacent to an activating group) is 1. The van der Waals surface area contributed by atoms with Crippen molar-refractivity contribution in [2.45, 2.75) is 33.2 Å². The highest BCUT2D eigenvalue weighted by atomic mass is 16.8. The number of carboxylic acids is 1. The lowest BCUT2D eigenvalue weighted by atomic mass is 10.0. The number of carbonyl (C=O) groups excluding carboxylic acids is 1. The van der Waals surface area contributed by atoms with E-state index in [1.165, 1.54) is 19.0 Å². The van der Waals surface area contributed by atoms with Crippen LogP contribution in [0, 0.1) is 5.92 Å². The number of carboxylic acid groups (broad SMARTS) is 1. The number of carbonyl (C=O) groups is 2. The Morgan fingerprint density at radius 2 is 2.00 bits per heavy atom. The van der Waals surface area contributed by atoms with E-state index in [4.69, 9.17) is 5.11 Å². The van der Waals surface area contributed by atoms with Crippen molar-refractivity contribution in [2.75, 3.05) is 13.8 Å². The Hall–Kier alpha value is -1.86. The maximum absolute atomic E-state index is 11.0. The summed E-state index contributed by atoms with van der Waals surface area (Å²) in [6.45, 7) is 4.71. The van der Waals surface area contributed by atoms with Gasteiger partial charge in [-0.25, -0.2) is 4.79 Å². The second-order valence-electron chi connectivity index (χ2n) is 4.11. The van der Waals surface area contributed by atoms with Gasteiger partial charge in [0.25, 0.3) is 6.79 Å². The highest BCUT2D eigenvalue weighted by Gasteiger charge is 2.23. The quantitative estimate of drug-likeness (QED) is 0.232. The molecule has 0 fully saturated rings. The van der Waals surface area contributed by atoms with E-state index in [1.807, 2.05) is 13.8 Å². The van der Waals surface area contributed by atoms with Crippen molar-refractivity contribution in [3.8, 4) is 0 Å². The third-order valence-electron chi connectivity index (χ3n) is 1.98. The Bertz CT molecular complexity index is 306. The fourth-order valence-electron chi connectivity index (χ4n) is 1.14. The monoisotopic (exact) mass is 261 g/mol. The van der Waals surface area contributed by atoms with Gasteiger partial charge in [-0.1, -0.05) is 13.8 Å². The minimum atomic E-state index is -0.981. The van der Waals surface area contributed by atoms with Gasteiger partial charge in [-0.05, 0) is 17.6 Å². The van der Waals surface area contributed by atoms with E-state index in [-0.39, 0.29) is 12.7 Å².